The summed E-state index contributed by atoms with van der Waals surface area (Å²) in [7, 11) is 0. The number of amides is 1. The minimum atomic E-state index is 0.0780. The van der Waals surface area contributed by atoms with Crippen molar-refractivity contribution in [2.24, 2.45) is 0 Å². The molecule has 1 N–H and O–H groups in total. The summed E-state index contributed by atoms with van der Waals surface area (Å²) in [5.41, 5.74) is 4.75. The number of carbonyl (C=O) groups excluding carboxylic acids is 1. The molecule has 0 spiro atoms. The van der Waals surface area contributed by atoms with Crippen LogP contribution in [0.4, 0.5) is 5.69 Å². The molecule has 2 nitrogen and oxygen atoms in total. The Morgan fingerprint density at radius 2 is 1.67 bits per heavy atom. The second kappa shape index (κ2) is 7.63. The zero-order valence-corrected chi connectivity index (χ0v) is 13.8. The fourth-order valence-corrected chi connectivity index (χ4v) is 3.39. The lowest BCUT2D eigenvalue weighted by molar-refractivity contribution is -0.117. The second-order valence-corrected chi connectivity index (χ2v) is 6.50. The largest absolute Gasteiger partial charge is 0.325 e. The molecule has 1 atom stereocenters. The van der Waals surface area contributed by atoms with Gasteiger partial charge in [-0.2, -0.15) is 0 Å². The fraction of sp³-hybridized carbons (Fsp3) is 0.632. The fourth-order valence-electron chi connectivity index (χ4n) is 3.39. The Hall–Kier alpha value is -1.31. The van der Waals surface area contributed by atoms with Crippen LogP contribution in [0.15, 0.2) is 12.1 Å². The molecular weight excluding hydrogens is 258 g/mol. The van der Waals surface area contributed by atoms with Crippen molar-refractivity contribution in [3.05, 3.63) is 28.8 Å². The van der Waals surface area contributed by atoms with Gasteiger partial charge in [-0.25, -0.2) is 0 Å². The van der Waals surface area contributed by atoms with E-state index in [0.29, 0.717) is 0 Å². The van der Waals surface area contributed by atoms with Gasteiger partial charge in [0, 0.05) is 5.69 Å². The maximum absolute atomic E-state index is 12.2. The number of fused-ring (bicyclic) bond motifs is 1. The van der Waals surface area contributed by atoms with Gasteiger partial charge in [0.05, 0.1) is 5.92 Å². The highest BCUT2D eigenvalue weighted by Gasteiger charge is 2.30. The topological polar surface area (TPSA) is 29.1 Å². The molecule has 2 heteroatoms. The first-order valence-corrected chi connectivity index (χ1v) is 8.55. The molecule has 0 saturated carbocycles. The van der Waals surface area contributed by atoms with E-state index in [1.165, 1.54) is 55.2 Å². The highest BCUT2D eigenvalue weighted by molar-refractivity contribution is 6.03. The van der Waals surface area contributed by atoms with Gasteiger partial charge in [0.15, 0.2) is 0 Å². The van der Waals surface area contributed by atoms with Crippen LogP contribution in [0, 0.1) is 13.8 Å². The molecule has 116 valence electrons. The van der Waals surface area contributed by atoms with Gasteiger partial charge in [-0.3, -0.25) is 4.79 Å². The van der Waals surface area contributed by atoms with Crippen LogP contribution in [0.5, 0.6) is 0 Å². The number of nitrogens with one attached hydrogen (secondary N) is 1. The van der Waals surface area contributed by atoms with Gasteiger partial charge < -0.3 is 5.32 Å². The van der Waals surface area contributed by atoms with Crippen LogP contribution in [-0.2, 0) is 4.79 Å². The predicted octanol–water partition coefficient (Wildman–Crippen LogP) is 5.48. The van der Waals surface area contributed by atoms with Crippen molar-refractivity contribution in [1.29, 1.82) is 0 Å². The first-order valence-electron chi connectivity index (χ1n) is 8.55. The van der Waals surface area contributed by atoms with Crippen molar-refractivity contribution < 1.29 is 4.79 Å². The van der Waals surface area contributed by atoms with Gasteiger partial charge in [0.2, 0.25) is 5.91 Å². The average molecular weight is 287 g/mol. The second-order valence-electron chi connectivity index (χ2n) is 6.50. The smallest absolute Gasteiger partial charge is 0.232 e. The number of hydrogen-bond donors (Lipinski definition) is 1. The van der Waals surface area contributed by atoms with Crippen molar-refractivity contribution in [2.45, 2.75) is 78.1 Å². The maximum atomic E-state index is 12.2. The van der Waals surface area contributed by atoms with Crippen LogP contribution in [0.2, 0.25) is 0 Å². The average Bonchev–Trinajstić information content (AvgIpc) is 2.75. The summed E-state index contributed by atoms with van der Waals surface area (Å²) in [6.07, 6.45) is 10.1. The lowest BCUT2D eigenvalue weighted by atomic mass is 9.92. The Balaban J connectivity index is 1.84. The minimum absolute atomic E-state index is 0.0780. The molecule has 0 radical (unpaired) electrons. The number of rotatable bonds is 8. The number of anilines is 1. The number of benzene rings is 1. The monoisotopic (exact) mass is 287 g/mol. The van der Waals surface area contributed by atoms with Gasteiger partial charge in [0.1, 0.15) is 0 Å². The first kappa shape index (κ1) is 16.1. The van der Waals surface area contributed by atoms with Gasteiger partial charge in [-0.1, -0.05) is 69.6 Å². The summed E-state index contributed by atoms with van der Waals surface area (Å²) in [5.74, 6) is 0.277. The molecule has 1 amide bonds. The van der Waals surface area contributed by atoms with Crippen molar-refractivity contribution >= 4 is 11.6 Å². The van der Waals surface area contributed by atoms with Crippen molar-refractivity contribution in [1.82, 2.24) is 0 Å². The van der Waals surface area contributed by atoms with Crippen LogP contribution in [0.25, 0.3) is 0 Å². The van der Waals surface area contributed by atoms with Crippen LogP contribution >= 0.6 is 0 Å². The van der Waals surface area contributed by atoms with E-state index in [-0.39, 0.29) is 11.8 Å². The SMILES string of the molecule is CCCCCCCCCC1C(=O)Nc2c(C)cc(C)cc21. The Morgan fingerprint density at radius 3 is 2.38 bits per heavy atom. The summed E-state index contributed by atoms with van der Waals surface area (Å²) in [5, 5.41) is 3.07. The number of carbonyl (C=O) groups is 1. The Bertz CT molecular complexity index is 493. The standard InChI is InChI=1S/C19H29NO/c1-4-5-6-7-8-9-10-11-16-17-13-14(2)12-15(3)18(17)20-19(16)21/h12-13,16H,4-11H2,1-3H3,(H,20,21). The number of unbranched alkanes of at least 4 members (excludes halogenated alkanes) is 6. The van der Waals surface area contributed by atoms with Crippen LogP contribution in [-0.4, -0.2) is 5.91 Å². The molecule has 0 bridgehead atoms. The lowest BCUT2D eigenvalue weighted by Gasteiger charge is -2.10. The van der Waals surface area contributed by atoms with E-state index < -0.39 is 0 Å². The maximum Gasteiger partial charge on any atom is 0.232 e. The van der Waals surface area contributed by atoms with Gasteiger partial charge in [0.25, 0.3) is 0 Å². The summed E-state index contributed by atoms with van der Waals surface area (Å²) >= 11 is 0. The molecule has 1 aliphatic heterocycles. The molecule has 0 aromatic heterocycles. The third kappa shape index (κ3) is 4.09. The number of aryl methyl sites for hydroxylation is 2. The summed E-state index contributed by atoms with van der Waals surface area (Å²) in [6.45, 7) is 6.45. The third-order valence-electron chi connectivity index (χ3n) is 4.55. The Labute approximate surface area is 129 Å². The van der Waals surface area contributed by atoms with Crippen LogP contribution in [0.3, 0.4) is 0 Å². The highest BCUT2D eigenvalue weighted by atomic mass is 16.2. The quantitative estimate of drug-likeness (QED) is 0.630. The van der Waals surface area contributed by atoms with E-state index in [2.05, 4.69) is 38.2 Å². The lowest BCUT2D eigenvalue weighted by Crippen LogP contribution is -2.12. The van der Waals surface area contributed by atoms with Crippen molar-refractivity contribution in [3.8, 4) is 0 Å². The summed E-state index contributed by atoms with van der Waals surface area (Å²) in [4.78, 5) is 12.2. The molecule has 1 aromatic rings. The van der Waals surface area contributed by atoms with E-state index in [1.54, 1.807) is 0 Å². The summed E-state index contributed by atoms with van der Waals surface area (Å²) in [6, 6.07) is 4.33. The third-order valence-corrected chi connectivity index (χ3v) is 4.55. The Kier molecular flexibility index (Phi) is 5.84. The van der Waals surface area contributed by atoms with Gasteiger partial charge in [-0.15, -0.1) is 0 Å². The molecule has 1 aliphatic rings. The summed E-state index contributed by atoms with van der Waals surface area (Å²) < 4.78 is 0. The molecule has 2 rings (SSSR count). The highest BCUT2D eigenvalue weighted by Crippen LogP contribution is 2.38. The molecule has 21 heavy (non-hydrogen) atoms. The van der Waals surface area contributed by atoms with E-state index in [1.807, 2.05) is 0 Å². The zero-order valence-electron chi connectivity index (χ0n) is 13.8. The first-order chi connectivity index (χ1) is 10.1. The van der Waals surface area contributed by atoms with E-state index in [9.17, 15) is 4.79 Å². The molecule has 1 aromatic carbocycles. The molecule has 0 saturated heterocycles. The normalized spacial score (nSPS) is 16.9. The van der Waals surface area contributed by atoms with Crippen molar-refractivity contribution in [2.75, 3.05) is 5.32 Å². The molecule has 1 heterocycles. The van der Waals surface area contributed by atoms with Crippen LogP contribution in [0.1, 0.15) is 80.9 Å². The van der Waals surface area contributed by atoms with Crippen molar-refractivity contribution in [3.63, 3.8) is 0 Å². The minimum Gasteiger partial charge on any atom is -0.325 e. The van der Waals surface area contributed by atoms with Gasteiger partial charge >= 0.3 is 0 Å². The zero-order chi connectivity index (χ0) is 15.2. The van der Waals surface area contributed by atoms with Gasteiger partial charge in [-0.05, 0) is 31.4 Å². The van der Waals surface area contributed by atoms with E-state index >= 15 is 0 Å². The molecule has 0 fully saturated rings. The van der Waals surface area contributed by atoms with E-state index in [4.69, 9.17) is 0 Å². The predicted molar refractivity (Wildman–Crippen MR) is 89.9 cm³/mol. The Morgan fingerprint density at radius 1 is 1.00 bits per heavy atom. The van der Waals surface area contributed by atoms with Crippen LogP contribution < -0.4 is 5.32 Å². The molecule has 1 unspecified atom stereocenters. The molecule has 0 aliphatic carbocycles. The van der Waals surface area contributed by atoms with E-state index in [0.717, 1.165) is 18.5 Å². The number of hydrogen-bond acceptors (Lipinski definition) is 1. The molecular formula is C19H29NO.